The largest absolute Gasteiger partial charge is 0.481 e. The standard InChI is InChI=1S/C15H25NO3/c1-4-9-5-7-10(8-6-9)16-13(17)11-12(14(18)19)15(11,2)3/h9-12H,4-8H2,1-3H3,(H,16,17)(H,18,19)/t9?,10?,11-,12+/m1/s1. The molecule has 2 rings (SSSR count). The Hall–Kier alpha value is -1.06. The molecule has 0 aromatic heterocycles. The van der Waals surface area contributed by atoms with Gasteiger partial charge in [0.15, 0.2) is 0 Å². The summed E-state index contributed by atoms with van der Waals surface area (Å²) in [7, 11) is 0. The van der Waals surface area contributed by atoms with E-state index < -0.39 is 17.3 Å². The van der Waals surface area contributed by atoms with Gasteiger partial charge in [0.2, 0.25) is 5.91 Å². The summed E-state index contributed by atoms with van der Waals surface area (Å²) in [4.78, 5) is 23.3. The van der Waals surface area contributed by atoms with Gasteiger partial charge in [-0.05, 0) is 37.0 Å². The zero-order valence-electron chi connectivity index (χ0n) is 12.1. The lowest BCUT2D eigenvalue weighted by molar-refractivity contribution is -0.140. The highest BCUT2D eigenvalue weighted by Crippen LogP contribution is 2.58. The van der Waals surface area contributed by atoms with Crippen LogP contribution in [0.15, 0.2) is 0 Å². The number of amides is 1. The molecule has 0 spiro atoms. The predicted octanol–water partition coefficient (Wildman–Crippen LogP) is 2.43. The molecule has 0 bridgehead atoms. The zero-order chi connectivity index (χ0) is 14.2. The van der Waals surface area contributed by atoms with Crippen LogP contribution in [0.25, 0.3) is 0 Å². The van der Waals surface area contributed by atoms with Crippen molar-refractivity contribution in [3.63, 3.8) is 0 Å². The number of carboxylic acids is 1. The van der Waals surface area contributed by atoms with Crippen LogP contribution in [-0.2, 0) is 9.59 Å². The fraction of sp³-hybridized carbons (Fsp3) is 0.867. The van der Waals surface area contributed by atoms with E-state index in [9.17, 15) is 9.59 Å². The molecule has 19 heavy (non-hydrogen) atoms. The topological polar surface area (TPSA) is 66.4 Å². The molecule has 1 amide bonds. The molecule has 2 aliphatic carbocycles. The van der Waals surface area contributed by atoms with Crippen molar-refractivity contribution in [2.24, 2.45) is 23.2 Å². The number of nitrogens with one attached hydrogen (secondary N) is 1. The molecule has 2 N–H and O–H groups in total. The number of carbonyl (C=O) groups is 2. The molecule has 108 valence electrons. The smallest absolute Gasteiger partial charge is 0.307 e. The zero-order valence-corrected chi connectivity index (χ0v) is 12.1. The van der Waals surface area contributed by atoms with Crippen molar-refractivity contribution < 1.29 is 14.7 Å². The molecule has 0 unspecified atom stereocenters. The summed E-state index contributed by atoms with van der Waals surface area (Å²) in [5.41, 5.74) is -0.392. The summed E-state index contributed by atoms with van der Waals surface area (Å²) in [6, 6.07) is 0.251. The highest BCUT2D eigenvalue weighted by Gasteiger charge is 2.65. The van der Waals surface area contributed by atoms with E-state index in [-0.39, 0.29) is 17.9 Å². The number of carbonyl (C=O) groups excluding carboxylic acids is 1. The first-order valence-electron chi connectivity index (χ1n) is 7.41. The fourth-order valence-electron chi connectivity index (χ4n) is 3.59. The van der Waals surface area contributed by atoms with Crippen molar-refractivity contribution in [2.45, 2.75) is 58.9 Å². The second-order valence-electron chi connectivity index (χ2n) is 6.75. The van der Waals surface area contributed by atoms with E-state index in [1.165, 1.54) is 19.3 Å². The molecule has 4 heteroatoms. The molecular formula is C15H25NO3. The first kappa shape index (κ1) is 14.4. The van der Waals surface area contributed by atoms with Gasteiger partial charge in [0.25, 0.3) is 0 Å². The van der Waals surface area contributed by atoms with Gasteiger partial charge in [0, 0.05) is 6.04 Å². The van der Waals surface area contributed by atoms with Gasteiger partial charge in [-0.25, -0.2) is 0 Å². The Balaban J connectivity index is 1.85. The van der Waals surface area contributed by atoms with Crippen molar-refractivity contribution in [3.8, 4) is 0 Å². The third-order valence-electron chi connectivity index (χ3n) is 5.15. The van der Waals surface area contributed by atoms with E-state index in [0.29, 0.717) is 0 Å². The Bertz CT molecular complexity index is 370. The maximum atomic E-state index is 12.2. The predicted molar refractivity (Wildman–Crippen MR) is 72.6 cm³/mol. The number of rotatable bonds is 4. The van der Waals surface area contributed by atoms with Crippen LogP contribution >= 0.6 is 0 Å². The highest BCUT2D eigenvalue weighted by atomic mass is 16.4. The average Bonchev–Trinajstić information content (AvgIpc) is 2.93. The number of carboxylic acid groups (broad SMARTS) is 1. The molecule has 0 heterocycles. The van der Waals surface area contributed by atoms with Crippen LogP contribution in [-0.4, -0.2) is 23.0 Å². The molecule has 0 aromatic rings. The van der Waals surface area contributed by atoms with Crippen LogP contribution in [0.5, 0.6) is 0 Å². The van der Waals surface area contributed by atoms with Crippen molar-refractivity contribution in [2.75, 3.05) is 0 Å². The van der Waals surface area contributed by atoms with Crippen LogP contribution in [0.4, 0.5) is 0 Å². The monoisotopic (exact) mass is 267 g/mol. The second kappa shape index (κ2) is 5.14. The van der Waals surface area contributed by atoms with E-state index >= 15 is 0 Å². The molecule has 2 atom stereocenters. The van der Waals surface area contributed by atoms with Gasteiger partial charge in [0.1, 0.15) is 0 Å². The maximum Gasteiger partial charge on any atom is 0.307 e. The van der Waals surface area contributed by atoms with E-state index in [0.717, 1.165) is 18.8 Å². The maximum absolute atomic E-state index is 12.2. The molecule has 2 fully saturated rings. The van der Waals surface area contributed by atoms with E-state index in [1.54, 1.807) is 0 Å². The third kappa shape index (κ3) is 2.77. The molecule has 0 radical (unpaired) electrons. The number of hydrogen-bond donors (Lipinski definition) is 2. The Labute approximate surface area is 115 Å². The van der Waals surface area contributed by atoms with Crippen molar-refractivity contribution in [1.29, 1.82) is 0 Å². The third-order valence-corrected chi connectivity index (χ3v) is 5.15. The normalized spacial score (nSPS) is 36.6. The molecule has 2 saturated carbocycles. The van der Waals surface area contributed by atoms with E-state index in [2.05, 4.69) is 12.2 Å². The van der Waals surface area contributed by atoms with Gasteiger partial charge in [-0.2, -0.15) is 0 Å². The SMILES string of the molecule is CCC1CCC(NC(=O)[C@H]2[C@@H](C(=O)O)C2(C)C)CC1. The first-order chi connectivity index (χ1) is 8.87. The van der Waals surface area contributed by atoms with Gasteiger partial charge >= 0.3 is 5.97 Å². The van der Waals surface area contributed by atoms with Crippen molar-refractivity contribution >= 4 is 11.9 Å². The van der Waals surface area contributed by atoms with Crippen molar-refractivity contribution in [3.05, 3.63) is 0 Å². The summed E-state index contributed by atoms with van der Waals surface area (Å²) in [5, 5.41) is 12.2. The van der Waals surface area contributed by atoms with E-state index in [4.69, 9.17) is 5.11 Å². The van der Waals surface area contributed by atoms with Crippen LogP contribution in [0, 0.1) is 23.2 Å². The summed E-state index contributed by atoms with van der Waals surface area (Å²) in [5.74, 6) is -0.970. The van der Waals surface area contributed by atoms with Gasteiger partial charge in [-0.3, -0.25) is 9.59 Å². The lowest BCUT2D eigenvalue weighted by Gasteiger charge is -2.28. The molecule has 4 nitrogen and oxygen atoms in total. The molecule has 0 aliphatic heterocycles. The van der Waals surface area contributed by atoms with Gasteiger partial charge in [-0.1, -0.05) is 27.2 Å². The summed E-state index contributed by atoms with van der Waals surface area (Å²) in [6.45, 7) is 5.95. The Morgan fingerprint density at radius 3 is 2.16 bits per heavy atom. The lowest BCUT2D eigenvalue weighted by atomic mass is 9.84. The van der Waals surface area contributed by atoms with E-state index in [1.807, 2.05) is 13.8 Å². The van der Waals surface area contributed by atoms with Crippen LogP contribution < -0.4 is 5.32 Å². The molecule has 0 aromatic carbocycles. The molecule has 0 saturated heterocycles. The highest BCUT2D eigenvalue weighted by molar-refractivity contribution is 5.91. The van der Waals surface area contributed by atoms with Crippen LogP contribution in [0.3, 0.4) is 0 Å². The Kier molecular flexibility index (Phi) is 3.88. The second-order valence-corrected chi connectivity index (χ2v) is 6.75. The number of hydrogen-bond acceptors (Lipinski definition) is 2. The van der Waals surface area contributed by atoms with Gasteiger partial charge in [0.05, 0.1) is 11.8 Å². The Morgan fingerprint density at radius 1 is 1.16 bits per heavy atom. The van der Waals surface area contributed by atoms with Crippen LogP contribution in [0.2, 0.25) is 0 Å². The lowest BCUT2D eigenvalue weighted by Crippen LogP contribution is -2.39. The Morgan fingerprint density at radius 2 is 1.74 bits per heavy atom. The van der Waals surface area contributed by atoms with Crippen LogP contribution in [0.1, 0.15) is 52.9 Å². The van der Waals surface area contributed by atoms with Crippen molar-refractivity contribution in [1.82, 2.24) is 5.32 Å². The number of aliphatic carboxylic acids is 1. The fourth-order valence-corrected chi connectivity index (χ4v) is 3.59. The molecule has 2 aliphatic rings. The van der Waals surface area contributed by atoms with Gasteiger partial charge < -0.3 is 10.4 Å². The molecular weight excluding hydrogens is 242 g/mol. The summed E-state index contributed by atoms with van der Waals surface area (Å²) in [6.07, 6.45) is 5.65. The quantitative estimate of drug-likeness (QED) is 0.822. The first-order valence-corrected chi connectivity index (χ1v) is 7.41. The minimum atomic E-state index is -0.847. The summed E-state index contributed by atoms with van der Waals surface area (Å²) >= 11 is 0. The van der Waals surface area contributed by atoms with Gasteiger partial charge in [-0.15, -0.1) is 0 Å². The average molecular weight is 267 g/mol. The minimum Gasteiger partial charge on any atom is -0.481 e. The summed E-state index contributed by atoms with van der Waals surface area (Å²) < 4.78 is 0. The minimum absolute atomic E-state index is 0.0580.